The lowest BCUT2D eigenvalue weighted by Crippen LogP contribution is -2.61. The fourth-order valence-corrected chi connectivity index (χ4v) is 2.20. The van der Waals surface area contributed by atoms with Crippen LogP contribution in [-0.4, -0.2) is 43.8 Å². The molecule has 2 fully saturated rings. The fraction of sp³-hybridized carbons (Fsp3) is 1.00. The van der Waals surface area contributed by atoms with E-state index in [1.165, 1.54) is 12.8 Å². The first-order valence-corrected chi connectivity index (χ1v) is 4.82. The molecule has 3 heteroatoms. The highest BCUT2D eigenvalue weighted by atomic mass is 16.5. The highest BCUT2D eigenvalue weighted by Gasteiger charge is 2.40. The van der Waals surface area contributed by atoms with Crippen molar-refractivity contribution < 1.29 is 4.74 Å². The molecule has 0 bridgehead atoms. The van der Waals surface area contributed by atoms with Gasteiger partial charge in [-0.3, -0.25) is 4.90 Å². The summed E-state index contributed by atoms with van der Waals surface area (Å²) >= 11 is 0. The number of likely N-dealkylation sites (tertiary alicyclic amines) is 1. The van der Waals surface area contributed by atoms with Crippen LogP contribution in [0.1, 0.15) is 12.8 Å². The predicted octanol–water partition coefficient (Wildman–Crippen LogP) is 0.0543. The van der Waals surface area contributed by atoms with Gasteiger partial charge >= 0.3 is 0 Å². The molecule has 2 unspecified atom stereocenters. The van der Waals surface area contributed by atoms with Gasteiger partial charge in [0.05, 0.1) is 6.10 Å². The van der Waals surface area contributed by atoms with E-state index in [0.29, 0.717) is 6.10 Å². The maximum Gasteiger partial charge on any atom is 0.0825 e. The molecule has 1 saturated carbocycles. The summed E-state index contributed by atoms with van der Waals surface area (Å²) in [4.78, 5) is 2.51. The smallest absolute Gasteiger partial charge is 0.0825 e. The Morgan fingerprint density at radius 3 is 2.58 bits per heavy atom. The minimum Gasteiger partial charge on any atom is -0.379 e. The third-order valence-electron chi connectivity index (χ3n) is 3.36. The normalized spacial score (nSPS) is 37.5. The van der Waals surface area contributed by atoms with Crippen LogP contribution in [0.4, 0.5) is 0 Å². The zero-order valence-corrected chi connectivity index (χ0v) is 7.70. The minimum atomic E-state index is 0.490. The van der Waals surface area contributed by atoms with Crippen LogP contribution in [0.2, 0.25) is 0 Å². The first kappa shape index (κ1) is 8.48. The number of hydrogen-bond acceptors (Lipinski definition) is 3. The molecule has 0 amide bonds. The molecule has 3 nitrogen and oxygen atoms in total. The van der Waals surface area contributed by atoms with Gasteiger partial charge in [0.1, 0.15) is 0 Å². The van der Waals surface area contributed by atoms with Gasteiger partial charge < -0.3 is 10.5 Å². The molecular weight excluding hydrogens is 152 g/mol. The molecule has 0 aromatic carbocycles. The largest absolute Gasteiger partial charge is 0.379 e. The van der Waals surface area contributed by atoms with Gasteiger partial charge in [0, 0.05) is 26.2 Å². The minimum absolute atomic E-state index is 0.490. The first-order chi connectivity index (χ1) is 5.85. The number of nitrogens with zero attached hydrogens (tertiary/aromatic N) is 1. The van der Waals surface area contributed by atoms with Crippen LogP contribution in [0.5, 0.6) is 0 Å². The van der Waals surface area contributed by atoms with Gasteiger partial charge in [0.25, 0.3) is 0 Å². The molecule has 1 aliphatic heterocycles. The summed E-state index contributed by atoms with van der Waals surface area (Å²) in [5, 5.41) is 0. The van der Waals surface area contributed by atoms with Crippen molar-refractivity contribution >= 4 is 0 Å². The summed E-state index contributed by atoms with van der Waals surface area (Å²) in [5.74, 6) is 0.766. The maximum absolute atomic E-state index is 5.65. The lowest BCUT2D eigenvalue weighted by atomic mass is 9.77. The molecule has 12 heavy (non-hydrogen) atoms. The van der Waals surface area contributed by atoms with Gasteiger partial charge in [0.2, 0.25) is 0 Å². The van der Waals surface area contributed by atoms with E-state index < -0.39 is 0 Å². The van der Waals surface area contributed by atoms with Gasteiger partial charge in [-0.15, -0.1) is 0 Å². The van der Waals surface area contributed by atoms with Crippen molar-refractivity contribution in [3.05, 3.63) is 0 Å². The van der Waals surface area contributed by atoms with Crippen molar-refractivity contribution in [2.75, 3.05) is 26.7 Å². The predicted molar refractivity (Wildman–Crippen MR) is 47.9 cm³/mol. The van der Waals surface area contributed by atoms with E-state index in [0.717, 1.165) is 31.6 Å². The van der Waals surface area contributed by atoms with Crippen LogP contribution >= 0.6 is 0 Å². The van der Waals surface area contributed by atoms with E-state index in [-0.39, 0.29) is 0 Å². The molecule has 2 atom stereocenters. The Labute approximate surface area is 73.9 Å². The van der Waals surface area contributed by atoms with E-state index in [2.05, 4.69) is 4.90 Å². The SMILES string of the molecule is COC1CN(C2CCC2CN)C1. The van der Waals surface area contributed by atoms with Crippen LogP contribution in [0.25, 0.3) is 0 Å². The molecular formula is C9H18N2O. The van der Waals surface area contributed by atoms with Gasteiger partial charge in [-0.25, -0.2) is 0 Å². The average Bonchev–Trinajstić information content (AvgIpc) is 1.94. The molecule has 0 aromatic heterocycles. The van der Waals surface area contributed by atoms with Crippen molar-refractivity contribution in [1.29, 1.82) is 0 Å². The average molecular weight is 170 g/mol. The van der Waals surface area contributed by atoms with Crippen molar-refractivity contribution in [1.82, 2.24) is 4.90 Å². The Balaban J connectivity index is 1.74. The Hall–Kier alpha value is -0.120. The number of hydrogen-bond donors (Lipinski definition) is 1. The topological polar surface area (TPSA) is 38.5 Å². The van der Waals surface area contributed by atoms with Crippen molar-refractivity contribution in [3.63, 3.8) is 0 Å². The molecule has 0 spiro atoms. The Morgan fingerprint density at radius 1 is 1.42 bits per heavy atom. The second-order valence-corrected chi connectivity index (χ2v) is 3.95. The summed E-state index contributed by atoms with van der Waals surface area (Å²) in [5.41, 5.74) is 5.65. The lowest BCUT2D eigenvalue weighted by molar-refractivity contribution is -0.0828. The maximum atomic E-state index is 5.65. The highest BCUT2D eigenvalue weighted by molar-refractivity contribution is 4.95. The van der Waals surface area contributed by atoms with Gasteiger partial charge in [-0.1, -0.05) is 0 Å². The van der Waals surface area contributed by atoms with E-state index in [1.807, 2.05) is 0 Å². The summed E-state index contributed by atoms with van der Waals surface area (Å²) < 4.78 is 5.23. The molecule has 1 heterocycles. The summed E-state index contributed by atoms with van der Waals surface area (Å²) in [6.07, 6.45) is 3.16. The van der Waals surface area contributed by atoms with Crippen molar-refractivity contribution in [2.45, 2.75) is 25.0 Å². The summed E-state index contributed by atoms with van der Waals surface area (Å²) in [7, 11) is 1.79. The standard InChI is InChI=1S/C9H18N2O/c1-12-8-5-11(6-8)9-3-2-7(9)4-10/h7-9H,2-6,10H2,1H3. The lowest BCUT2D eigenvalue weighted by Gasteiger charge is -2.51. The van der Waals surface area contributed by atoms with E-state index in [1.54, 1.807) is 7.11 Å². The fourth-order valence-electron chi connectivity index (χ4n) is 2.20. The van der Waals surface area contributed by atoms with Gasteiger partial charge in [0.15, 0.2) is 0 Å². The molecule has 2 aliphatic rings. The monoisotopic (exact) mass is 170 g/mol. The van der Waals surface area contributed by atoms with Gasteiger partial charge in [-0.2, -0.15) is 0 Å². The van der Waals surface area contributed by atoms with Crippen molar-refractivity contribution in [3.8, 4) is 0 Å². The third kappa shape index (κ3) is 1.26. The quantitative estimate of drug-likeness (QED) is 0.650. The van der Waals surface area contributed by atoms with E-state index >= 15 is 0 Å². The molecule has 2 N–H and O–H groups in total. The Bertz CT molecular complexity index is 155. The van der Waals surface area contributed by atoms with Crippen LogP contribution < -0.4 is 5.73 Å². The Kier molecular flexibility index (Phi) is 2.35. The zero-order valence-electron chi connectivity index (χ0n) is 7.70. The summed E-state index contributed by atoms with van der Waals surface area (Å²) in [6.45, 7) is 3.11. The Morgan fingerprint density at radius 2 is 2.17 bits per heavy atom. The first-order valence-electron chi connectivity index (χ1n) is 4.82. The van der Waals surface area contributed by atoms with E-state index in [9.17, 15) is 0 Å². The molecule has 0 aromatic rings. The third-order valence-corrected chi connectivity index (χ3v) is 3.36. The molecule has 1 aliphatic carbocycles. The van der Waals surface area contributed by atoms with Crippen LogP contribution in [0, 0.1) is 5.92 Å². The van der Waals surface area contributed by atoms with Gasteiger partial charge in [-0.05, 0) is 25.3 Å². The zero-order chi connectivity index (χ0) is 8.55. The molecule has 0 radical (unpaired) electrons. The van der Waals surface area contributed by atoms with Crippen LogP contribution in [-0.2, 0) is 4.74 Å². The molecule has 1 saturated heterocycles. The van der Waals surface area contributed by atoms with Crippen molar-refractivity contribution in [2.24, 2.45) is 11.7 Å². The highest BCUT2D eigenvalue weighted by Crippen LogP contribution is 2.34. The summed E-state index contributed by atoms with van der Waals surface area (Å²) in [6, 6.07) is 0.779. The number of methoxy groups -OCH3 is 1. The second-order valence-electron chi connectivity index (χ2n) is 3.95. The number of rotatable bonds is 3. The van der Waals surface area contributed by atoms with Crippen LogP contribution in [0.15, 0.2) is 0 Å². The number of nitrogens with two attached hydrogens (primary N) is 1. The molecule has 70 valence electrons. The van der Waals surface area contributed by atoms with Crippen LogP contribution in [0.3, 0.4) is 0 Å². The molecule has 2 rings (SSSR count). The second kappa shape index (κ2) is 3.32. The number of ether oxygens (including phenoxy) is 1. The van der Waals surface area contributed by atoms with E-state index in [4.69, 9.17) is 10.5 Å².